The Labute approximate surface area is 162 Å². The summed E-state index contributed by atoms with van der Waals surface area (Å²) < 4.78 is 79.8. The molecule has 0 bridgehead atoms. The lowest BCUT2D eigenvalue weighted by molar-refractivity contribution is -0.274. The standard InChI is InChI=1S/C17H19F6N3O3/c1-15(2,16(18,19)20)24-14(28)25(3)12-7-8-26(13(12)27)10-5-4-6-11(9-10)29-17(21,22)23/h4-6,9,12H,7-8H2,1-3H3,(H,24,28). The van der Waals surface area contributed by atoms with Crippen LogP contribution >= 0.6 is 0 Å². The average Bonchev–Trinajstić information content (AvgIpc) is 2.92. The summed E-state index contributed by atoms with van der Waals surface area (Å²) in [5.41, 5.74) is -2.40. The Kier molecular flexibility index (Phi) is 5.96. The minimum atomic E-state index is -4.90. The number of halogens is 6. The van der Waals surface area contributed by atoms with Gasteiger partial charge >= 0.3 is 18.6 Å². The summed E-state index contributed by atoms with van der Waals surface area (Å²) in [6.07, 6.45) is -9.51. The largest absolute Gasteiger partial charge is 0.573 e. The first-order valence-electron chi connectivity index (χ1n) is 8.41. The van der Waals surface area contributed by atoms with Crippen molar-refractivity contribution >= 4 is 17.6 Å². The predicted molar refractivity (Wildman–Crippen MR) is 90.3 cm³/mol. The summed E-state index contributed by atoms with van der Waals surface area (Å²) >= 11 is 0. The van der Waals surface area contributed by atoms with Gasteiger partial charge in [-0.1, -0.05) is 6.07 Å². The number of carbonyl (C=O) groups excluding carboxylic acids is 2. The molecule has 6 nitrogen and oxygen atoms in total. The fourth-order valence-electron chi connectivity index (χ4n) is 2.70. The lowest BCUT2D eigenvalue weighted by Crippen LogP contribution is -2.59. The van der Waals surface area contributed by atoms with Crippen molar-refractivity contribution < 1.29 is 40.7 Å². The predicted octanol–water partition coefficient (Wildman–Crippen LogP) is 3.67. The third-order valence-corrected chi connectivity index (χ3v) is 4.46. The van der Waals surface area contributed by atoms with E-state index in [2.05, 4.69) is 4.74 Å². The van der Waals surface area contributed by atoms with Gasteiger partial charge in [-0.2, -0.15) is 13.2 Å². The molecule has 0 radical (unpaired) electrons. The molecule has 1 heterocycles. The zero-order valence-electron chi connectivity index (χ0n) is 15.7. The fourth-order valence-corrected chi connectivity index (χ4v) is 2.70. The maximum absolute atomic E-state index is 12.9. The van der Waals surface area contributed by atoms with Gasteiger partial charge in [-0.05, 0) is 32.4 Å². The average molecular weight is 427 g/mol. The molecule has 1 unspecified atom stereocenters. The highest BCUT2D eigenvalue weighted by atomic mass is 19.4. The number of likely N-dealkylation sites (N-methyl/N-ethyl adjacent to an activating group) is 1. The Morgan fingerprint density at radius 3 is 2.38 bits per heavy atom. The third kappa shape index (κ3) is 5.24. The highest BCUT2D eigenvalue weighted by molar-refractivity contribution is 6.01. The van der Waals surface area contributed by atoms with Gasteiger partial charge in [0, 0.05) is 25.3 Å². The van der Waals surface area contributed by atoms with Crippen LogP contribution < -0.4 is 15.0 Å². The minimum absolute atomic E-state index is 0.0687. The van der Waals surface area contributed by atoms with E-state index in [1.807, 2.05) is 5.32 Å². The van der Waals surface area contributed by atoms with Gasteiger partial charge in [-0.25, -0.2) is 4.79 Å². The Hall–Kier alpha value is -2.66. The van der Waals surface area contributed by atoms with Gasteiger partial charge in [0.2, 0.25) is 5.91 Å². The van der Waals surface area contributed by atoms with Crippen molar-refractivity contribution in [2.75, 3.05) is 18.5 Å². The number of benzene rings is 1. The number of nitrogens with zero attached hydrogens (tertiary/aromatic N) is 2. The number of alkyl halides is 6. The Morgan fingerprint density at radius 2 is 1.83 bits per heavy atom. The molecule has 1 aliphatic rings. The molecule has 1 N–H and O–H groups in total. The summed E-state index contributed by atoms with van der Waals surface area (Å²) in [6, 6.07) is 2.57. The van der Waals surface area contributed by atoms with Crippen LogP contribution in [0.1, 0.15) is 20.3 Å². The molecule has 29 heavy (non-hydrogen) atoms. The number of urea groups is 1. The molecule has 3 amide bonds. The number of hydrogen-bond donors (Lipinski definition) is 1. The van der Waals surface area contributed by atoms with Crippen LogP contribution in [-0.2, 0) is 4.79 Å². The van der Waals surface area contributed by atoms with Crippen molar-refractivity contribution in [2.24, 2.45) is 0 Å². The van der Waals surface area contributed by atoms with Gasteiger partial charge in [0.1, 0.15) is 17.3 Å². The Morgan fingerprint density at radius 1 is 1.21 bits per heavy atom. The molecular formula is C17H19F6N3O3. The zero-order valence-corrected chi connectivity index (χ0v) is 15.7. The van der Waals surface area contributed by atoms with Gasteiger partial charge in [0.15, 0.2) is 0 Å². The molecule has 1 fully saturated rings. The van der Waals surface area contributed by atoms with Gasteiger partial charge in [-0.15, -0.1) is 13.2 Å². The fraction of sp³-hybridized carbons (Fsp3) is 0.529. The number of anilines is 1. The molecule has 1 aliphatic heterocycles. The van der Waals surface area contributed by atoms with E-state index >= 15 is 0 Å². The first-order valence-corrected chi connectivity index (χ1v) is 8.41. The third-order valence-electron chi connectivity index (χ3n) is 4.46. The topological polar surface area (TPSA) is 61.9 Å². The molecular weight excluding hydrogens is 408 g/mol. The van der Waals surface area contributed by atoms with Crippen molar-refractivity contribution in [3.8, 4) is 5.75 Å². The smallest absolute Gasteiger partial charge is 0.406 e. The Bertz CT molecular complexity index is 778. The lowest BCUT2D eigenvalue weighted by atomic mass is 10.1. The number of carbonyl (C=O) groups is 2. The van der Waals surface area contributed by atoms with E-state index in [0.717, 1.165) is 35.8 Å². The van der Waals surface area contributed by atoms with Crippen LogP contribution in [0.3, 0.4) is 0 Å². The molecule has 1 aromatic rings. The minimum Gasteiger partial charge on any atom is -0.406 e. The normalized spacial score (nSPS) is 18.0. The van der Waals surface area contributed by atoms with Crippen molar-refractivity contribution in [1.29, 1.82) is 0 Å². The van der Waals surface area contributed by atoms with Crippen molar-refractivity contribution in [3.05, 3.63) is 24.3 Å². The van der Waals surface area contributed by atoms with Gasteiger partial charge in [-0.3, -0.25) is 4.79 Å². The van der Waals surface area contributed by atoms with Crippen LogP contribution in [-0.4, -0.2) is 54.6 Å². The van der Waals surface area contributed by atoms with Crippen molar-refractivity contribution in [2.45, 2.75) is 44.4 Å². The summed E-state index contributed by atoms with van der Waals surface area (Å²) in [6.45, 7) is 1.64. The molecule has 1 aromatic carbocycles. The van der Waals surface area contributed by atoms with Crippen molar-refractivity contribution in [3.63, 3.8) is 0 Å². The van der Waals surface area contributed by atoms with Crippen LogP contribution in [0.2, 0.25) is 0 Å². The molecule has 0 spiro atoms. The summed E-state index contributed by atoms with van der Waals surface area (Å²) in [4.78, 5) is 26.8. The summed E-state index contributed by atoms with van der Waals surface area (Å²) in [5, 5.41) is 1.83. The molecule has 0 saturated carbocycles. The van der Waals surface area contributed by atoms with Gasteiger partial charge in [0.05, 0.1) is 0 Å². The Balaban J connectivity index is 2.11. The van der Waals surface area contributed by atoms with Gasteiger partial charge in [0.25, 0.3) is 0 Å². The first kappa shape index (κ1) is 22.6. The van der Waals surface area contributed by atoms with E-state index in [9.17, 15) is 35.9 Å². The molecule has 162 valence electrons. The van der Waals surface area contributed by atoms with E-state index in [0.29, 0.717) is 0 Å². The van der Waals surface area contributed by atoms with Crippen LogP contribution in [0, 0.1) is 0 Å². The maximum atomic E-state index is 12.9. The van der Waals surface area contributed by atoms with E-state index in [1.165, 1.54) is 19.2 Å². The quantitative estimate of drug-likeness (QED) is 0.746. The van der Waals surface area contributed by atoms with E-state index < -0.39 is 41.8 Å². The van der Waals surface area contributed by atoms with Crippen LogP contribution in [0.15, 0.2) is 24.3 Å². The molecule has 0 aromatic heterocycles. The number of ether oxygens (including phenoxy) is 1. The highest BCUT2D eigenvalue weighted by Gasteiger charge is 2.49. The monoisotopic (exact) mass is 427 g/mol. The lowest BCUT2D eigenvalue weighted by Gasteiger charge is -2.32. The SMILES string of the molecule is CN(C(=O)NC(C)(C)C(F)(F)F)C1CCN(c2cccc(OC(F)(F)F)c2)C1=O. The van der Waals surface area contributed by atoms with Crippen LogP contribution in [0.5, 0.6) is 5.75 Å². The molecule has 12 heteroatoms. The second-order valence-electron chi connectivity index (χ2n) is 7.00. The maximum Gasteiger partial charge on any atom is 0.573 e. The first-order chi connectivity index (χ1) is 13.1. The molecule has 2 rings (SSSR count). The molecule has 1 atom stereocenters. The second kappa shape index (κ2) is 7.64. The van der Waals surface area contributed by atoms with Crippen LogP contribution in [0.25, 0.3) is 0 Å². The summed E-state index contributed by atoms with van der Waals surface area (Å²) in [5.74, 6) is -1.15. The number of hydrogen-bond acceptors (Lipinski definition) is 3. The van der Waals surface area contributed by atoms with E-state index in [-0.39, 0.29) is 18.7 Å². The number of nitrogens with one attached hydrogen (secondary N) is 1. The molecule has 0 aliphatic carbocycles. The number of rotatable bonds is 4. The van der Waals surface area contributed by atoms with Gasteiger partial charge < -0.3 is 19.9 Å². The zero-order chi connectivity index (χ0) is 22.2. The van der Waals surface area contributed by atoms with Crippen molar-refractivity contribution in [1.82, 2.24) is 10.2 Å². The highest BCUT2D eigenvalue weighted by Crippen LogP contribution is 2.31. The second-order valence-corrected chi connectivity index (χ2v) is 7.00. The number of amides is 3. The van der Waals surface area contributed by atoms with E-state index in [4.69, 9.17) is 0 Å². The van der Waals surface area contributed by atoms with Crippen LogP contribution in [0.4, 0.5) is 36.8 Å². The molecule has 1 saturated heterocycles. The summed E-state index contributed by atoms with van der Waals surface area (Å²) in [7, 11) is 1.18. The van der Waals surface area contributed by atoms with E-state index in [1.54, 1.807) is 0 Å².